The SMILES string of the molecule is COc1ccc(/C=C/C(N=O)=C(\C/C=C/c2ccccc2)C(=O)/C=C/c2ccc(OCN=[N+]=[N-])c(OC)c2)cc1. The number of hydrogen-bond donors (Lipinski definition) is 0. The van der Waals surface area contributed by atoms with E-state index in [9.17, 15) is 9.70 Å². The van der Waals surface area contributed by atoms with Crippen molar-refractivity contribution in [3.8, 4) is 17.2 Å². The van der Waals surface area contributed by atoms with Crippen LogP contribution in [0.25, 0.3) is 28.7 Å². The molecule has 3 aromatic rings. The maximum absolute atomic E-state index is 13.3. The van der Waals surface area contributed by atoms with Gasteiger partial charge in [0, 0.05) is 10.5 Å². The summed E-state index contributed by atoms with van der Waals surface area (Å²) in [5.74, 6) is 1.14. The summed E-state index contributed by atoms with van der Waals surface area (Å²) in [5, 5.41) is 6.51. The predicted molar refractivity (Wildman–Crippen MR) is 157 cm³/mol. The molecule has 0 aliphatic carbocycles. The van der Waals surface area contributed by atoms with Gasteiger partial charge in [-0.15, -0.1) is 4.91 Å². The molecule has 202 valence electrons. The molecule has 0 unspecified atom stereocenters. The van der Waals surface area contributed by atoms with Crippen LogP contribution in [0, 0.1) is 4.91 Å². The zero-order valence-corrected chi connectivity index (χ0v) is 22.1. The third-order valence-electron chi connectivity index (χ3n) is 5.64. The lowest BCUT2D eigenvalue weighted by Gasteiger charge is -2.09. The van der Waals surface area contributed by atoms with E-state index in [1.807, 2.05) is 54.6 Å². The molecule has 0 aliphatic heterocycles. The number of ketones is 1. The second kappa shape index (κ2) is 15.8. The summed E-state index contributed by atoms with van der Waals surface area (Å²) in [4.78, 5) is 27.8. The van der Waals surface area contributed by atoms with Crippen molar-refractivity contribution in [1.29, 1.82) is 0 Å². The van der Waals surface area contributed by atoms with Crippen LogP contribution in [-0.4, -0.2) is 26.7 Å². The van der Waals surface area contributed by atoms with Crippen LogP contribution in [0.4, 0.5) is 0 Å². The Morgan fingerprint density at radius 2 is 1.55 bits per heavy atom. The summed E-state index contributed by atoms with van der Waals surface area (Å²) in [6, 6.07) is 22.0. The molecular weight excluding hydrogens is 508 g/mol. The van der Waals surface area contributed by atoms with Crippen LogP contribution in [0.1, 0.15) is 23.1 Å². The van der Waals surface area contributed by atoms with Crippen molar-refractivity contribution < 1.29 is 19.0 Å². The average Bonchev–Trinajstić information content (AvgIpc) is 3.00. The highest BCUT2D eigenvalue weighted by Crippen LogP contribution is 2.29. The van der Waals surface area contributed by atoms with Gasteiger partial charge in [0.2, 0.25) is 0 Å². The highest BCUT2D eigenvalue weighted by atomic mass is 16.5. The molecular formula is C31H28N4O5. The molecule has 0 heterocycles. The van der Waals surface area contributed by atoms with E-state index >= 15 is 0 Å². The molecule has 0 saturated heterocycles. The van der Waals surface area contributed by atoms with E-state index in [2.05, 4.69) is 15.2 Å². The number of ether oxygens (including phenoxy) is 3. The van der Waals surface area contributed by atoms with Crippen LogP contribution in [0.3, 0.4) is 0 Å². The summed E-state index contributed by atoms with van der Waals surface area (Å²) < 4.78 is 15.9. The summed E-state index contributed by atoms with van der Waals surface area (Å²) in [7, 11) is 3.06. The molecule has 0 radical (unpaired) electrons. The largest absolute Gasteiger partial charge is 0.497 e. The van der Waals surface area contributed by atoms with E-state index in [4.69, 9.17) is 19.7 Å². The third-order valence-corrected chi connectivity index (χ3v) is 5.64. The molecule has 0 aromatic heterocycles. The number of carbonyl (C=O) groups excluding carboxylic acids is 1. The van der Waals surface area contributed by atoms with E-state index in [0.717, 1.165) is 11.1 Å². The van der Waals surface area contributed by atoms with Crippen molar-refractivity contribution >= 4 is 24.0 Å². The van der Waals surface area contributed by atoms with Crippen molar-refractivity contribution in [2.75, 3.05) is 21.0 Å². The first kappa shape index (κ1) is 29.2. The molecule has 0 bridgehead atoms. The van der Waals surface area contributed by atoms with Crippen LogP contribution >= 0.6 is 0 Å². The lowest BCUT2D eigenvalue weighted by atomic mass is 10.0. The number of nitroso groups, excluding NO2 is 1. The summed E-state index contributed by atoms with van der Waals surface area (Å²) in [6.07, 6.45) is 10.1. The summed E-state index contributed by atoms with van der Waals surface area (Å²) in [5.41, 5.74) is 11.1. The number of carbonyl (C=O) groups is 1. The first-order valence-electron chi connectivity index (χ1n) is 12.2. The predicted octanol–water partition coefficient (Wildman–Crippen LogP) is 7.77. The Bertz CT molecular complexity index is 1470. The standard InChI is InChI=1S/C31H28N4O5/c1-38-26-16-11-24(12-17-26)13-18-28(34-37)27(10-6-9-23-7-4-3-5-8-23)29(36)19-14-25-15-20-30(31(21-25)39-2)40-22-33-35-32/h3-9,11-21H,10,22H2,1-2H3/b9-6+,18-13+,19-14+,28-27-. The minimum Gasteiger partial charge on any atom is -0.497 e. The molecule has 0 fully saturated rings. The van der Waals surface area contributed by atoms with Gasteiger partial charge in [-0.3, -0.25) is 4.79 Å². The van der Waals surface area contributed by atoms with E-state index in [1.54, 1.807) is 49.6 Å². The van der Waals surface area contributed by atoms with E-state index in [1.165, 1.54) is 19.3 Å². The van der Waals surface area contributed by atoms with E-state index in [-0.39, 0.29) is 30.2 Å². The normalized spacial score (nSPS) is 11.8. The Labute approximate surface area is 232 Å². The third kappa shape index (κ3) is 8.86. The number of rotatable bonds is 14. The number of nitrogens with zero attached hydrogens (tertiary/aromatic N) is 4. The zero-order chi connectivity index (χ0) is 28.6. The minimum atomic E-state index is -0.366. The van der Waals surface area contributed by atoms with Crippen molar-refractivity contribution in [3.63, 3.8) is 0 Å². The maximum Gasteiger partial charge on any atom is 0.184 e. The minimum absolute atomic E-state index is 0.0301. The average molecular weight is 537 g/mol. The molecule has 3 rings (SSSR count). The van der Waals surface area contributed by atoms with Crippen LogP contribution in [-0.2, 0) is 4.79 Å². The molecule has 0 saturated carbocycles. The fourth-order valence-corrected chi connectivity index (χ4v) is 3.59. The quantitative estimate of drug-likeness (QED) is 0.0520. The first-order valence-corrected chi connectivity index (χ1v) is 12.2. The molecule has 3 aromatic carbocycles. The van der Waals surface area contributed by atoms with Crippen LogP contribution in [0.5, 0.6) is 17.2 Å². The van der Waals surface area contributed by atoms with Crippen molar-refractivity contribution in [2.45, 2.75) is 6.42 Å². The van der Waals surface area contributed by atoms with Crippen LogP contribution in [0.2, 0.25) is 0 Å². The van der Waals surface area contributed by atoms with Gasteiger partial charge in [-0.05, 0) is 70.2 Å². The van der Waals surface area contributed by atoms with Crippen molar-refractivity contribution in [2.24, 2.45) is 10.3 Å². The van der Waals surface area contributed by atoms with E-state index in [0.29, 0.717) is 22.8 Å². The van der Waals surface area contributed by atoms with Gasteiger partial charge in [0.25, 0.3) is 0 Å². The number of allylic oxidation sites excluding steroid dienone is 4. The van der Waals surface area contributed by atoms with Gasteiger partial charge in [-0.25, -0.2) is 0 Å². The molecule has 9 nitrogen and oxygen atoms in total. The Balaban J connectivity index is 1.89. The second-order valence-corrected chi connectivity index (χ2v) is 8.19. The molecule has 0 atom stereocenters. The molecule has 0 spiro atoms. The van der Waals surface area contributed by atoms with Crippen molar-refractivity contribution in [1.82, 2.24) is 0 Å². The van der Waals surface area contributed by atoms with Gasteiger partial charge < -0.3 is 14.2 Å². The Morgan fingerprint density at radius 1 is 0.850 bits per heavy atom. The Kier molecular flexibility index (Phi) is 11.5. The van der Waals surface area contributed by atoms with Gasteiger partial charge in [-0.1, -0.05) is 77.9 Å². The van der Waals surface area contributed by atoms with Crippen molar-refractivity contribution in [3.05, 3.63) is 134 Å². The molecule has 9 heteroatoms. The van der Waals surface area contributed by atoms with Gasteiger partial charge in [0.05, 0.1) is 14.2 Å². The molecule has 40 heavy (non-hydrogen) atoms. The molecule has 0 N–H and O–H groups in total. The van der Waals surface area contributed by atoms with Gasteiger partial charge >= 0.3 is 0 Å². The topological polar surface area (TPSA) is 123 Å². The van der Waals surface area contributed by atoms with Gasteiger partial charge in [0.15, 0.2) is 24.0 Å². The Hall–Kier alpha value is -5.40. The molecule has 0 amide bonds. The number of azide groups is 1. The summed E-state index contributed by atoms with van der Waals surface area (Å²) in [6.45, 7) is -0.184. The zero-order valence-electron chi connectivity index (χ0n) is 22.1. The lowest BCUT2D eigenvalue weighted by molar-refractivity contribution is -0.111. The lowest BCUT2D eigenvalue weighted by Crippen LogP contribution is -2.01. The van der Waals surface area contributed by atoms with E-state index < -0.39 is 0 Å². The molecule has 0 aliphatic rings. The summed E-state index contributed by atoms with van der Waals surface area (Å²) >= 11 is 0. The number of methoxy groups -OCH3 is 2. The fourth-order valence-electron chi connectivity index (χ4n) is 3.59. The Morgan fingerprint density at radius 3 is 2.23 bits per heavy atom. The highest BCUT2D eigenvalue weighted by Gasteiger charge is 2.12. The number of hydrogen-bond acceptors (Lipinski definition) is 7. The smallest absolute Gasteiger partial charge is 0.184 e. The maximum atomic E-state index is 13.3. The second-order valence-electron chi connectivity index (χ2n) is 8.19. The van der Waals surface area contributed by atoms with Gasteiger partial charge in [-0.2, -0.15) is 0 Å². The van der Waals surface area contributed by atoms with Crippen LogP contribution in [0.15, 0.2) is 113 Å². The highest BCUT2D eigenvalue weighted by molar-refractivity contribution is 6.07. The first-order chi connectivity index (χ1) is 19.6. The van der Waals surface area contributed by atoms with Crippen LogP contribution < -0.4 is 14.2 Å². The number of benzene rings is 3. The fraction of sp³-hybridized carbons (Fsp3) is 0.129. The monoisotopic (exact) mass is 536 g/mol. The van der Waals surface area contributed by atoms with Gasteiger partial charge in [0.1, 0.15) is 11.4 Å².